The molecular weight excluding hydrogens is 438 g/mol. The zero-order chi connectivity index (χ0) is 22.9. The first-order chi connectivity index (χ1) is 16.0. The highest BCUT2D eigenvalue weighted by atomic mass is 32.2. The Balaban J connectivity index is 1.52. The van der Waals surface area contributed by atoms with E-state index in [9.17, 15) is 14.4 Å². The number of hydrogen-bond acceptors (Lipinski definition) is 6. The maximum Gasteiger partial charge on any atom is 0.289 e. The van der Waals surface area contributed by atoms with E-state index in [-0.39, 0.29) is 24.2 Å². The second kappa shape index (κ2) is 8.71. The van der Waals surface area contributed by atoms with E-state index < -0.39 is 11.1 Å². The summed E-state index contributed by atoms with van der Waals surface area (Å²) in [6.45, 7) is -0.316. The van der Waals surface area contributed by atoms with Gasteiger partial charge in [-0.2, -0.15) is 5.10 Å². The van der Waals surface area contributed by atoms with Crippen LogP contribution in [-0.4, -0.2) is 52.1 Å². The zero-order valence-corrected chi connectivity index (χ0v) is 18.7. The molecular formula is C25H21N3O4S. The van der Waals surface area contributed by atoms with Crippen LogP contribution in [0.4, 0.5) is 4.79 Å². The van der Waals surface area contributed by atoms with Crippen LogP contribution in [0, 0.1) is 0 Å². The van der Waals surface area contributed by atoms with Crippen LogP contribution in [0.3, 0.4) is 0 Å². The lowest BCUT2D eigenvalue weighted by Gasteiger charge is -2.24. The van der Waals surface area contributed by atoms with Gasteiger partial charge in [-0.1, -0.05) is 66.4 Å². The summed E-state index contributed by atoms with van der Waals surface area (Å²) >= 11 is 0.915. The molecule has 0 radical (unpaired) electrons. The lowest BCUT2D eigenvalue weighted by atomic mass is 9.95. The van der Waals surface area contributed by atoms with E-state index in [1.54, 1.807) is 7.11 Å². The summed E-state index contributed by atoms with van der Waals surface area (Å²) in [7, 11) is 1.60. The van der Waals surface area contributed by atoms with E-state index >= 15 is 0 Å². The Hall–Kier alpha value is -3.65. The van der Waals surface area contributed by atoms with Gasteiger partial charge in [0.15, 0.2) is 0 Å². The quantitative estimate of drug-likeness (QED) is 0.571. The average Bonchev–Trinajstić information content (AvgIpc) is 3.43. The molecule has 5 rings (SSSR count). The highest BCUT2D eigenvalue weighted by molar-refractivity contribution is 8.14. The second-order valence-corrected chi connectivity index (χ2v) is 8.77. The molecule has 0 spiro atoms. The normalized spacial score (nSPS) is 18.2. The van der Waals surface area contributed by atoms with Crippen LogP contribution >= 0.6 is 11.8 Å². The molecule has 0 aliphatic carbocycles. The standard InChI is InChI=1S/C25H21N3O4S/c1-32-18-11-9-17(10-12-18)22-13-21(20-8-4-6-16-5-2-3-7-19(16)20)26-28(22)23(29)14-27-24(30)15-33-25(27)31/h2-12,22H,13-15H2,1H3. The van der Waals surface area contributed by atoms with E-state index in [4.69, 9.17) is 9.84 Å². The third-order valence-electron chi connectivity index (χ3n) is 5.90. The number of nitrogens with zero attached hydrogens (tertiary/aromatic N) is 3. The summed E-state index contributed by atoms with van der Waals surface area (Å²) < 4.78 is 5.26. The Morgan fingerprint density at radius 1 is 1.06 bits per heavy atom. The van der Waals surface area contributed by atoms with Crippen LogP contribution < -0.4 is 4.74 Å². The maximum absolute atomic E-state index is 13.3. The number of rotatable bonds is 5. The van der Waals surface area contributed by atoms with E-state index in [1.807, 2.05) is 66.7 Å². The highest BCUT2D eigenvalue weighted by Gasteiger charge is 2.38. The van der Waals surface area contributed by atoms with Crippen molar-refractivity contribution in [3.05, 3.63) is 77.9 Å². The fourth-order valence-electron chi connectivity index (χ4n) is 4.21. The van der Waals surface area contributed by atoms with Gasteiger partial charge in [0.25, 0.3) is 11.1 Å². The molecule has 2 heterocycles. The predicted octanol–water partition coefficient (Wildman–Crippen LogP) is 4.22. The molecule has 3 aromatic carbocycles. The third kappa shape index (κ3) is 3.98. The highest BCUT2D eigenvalue weighted by Crippen LogP contribution is 2.35. The van der Waals surface area contributed by atoms with Gasteiger partial charge in [0.05, 0.1) is 24.6 Å². The molecule has 2 aliphatic rings. The Morgan fingerprint density at radius 3 is 2.55 bits per heavy atom. The summed E-state index contributed by atoms with van der Waals surface area (Å²) in [4.78, 5) is 38.4. The van der Waals surface area contributed by atoms with Gasteiger partial charge in [0, 0.05) is 12.0 Å². The minimum absolute atomic E-state index is 0.0680. The molecule has 0 saturated carbocycles. The number of fused-ring (bicyclic) bond motifs is 1. The Morgan fingerprint density at radius 2 is 1.82 bits per heavy atom. The Bertz CT molecular complexity index is 1270. The Kier molecular flexibility index (Phi) is 5.60. The topological polar surface area (TPSA) is 79.3 Å². The van der Waals surface area contributed by atoms with E-state index in [0.717, 1.165) is 50.0 Å². The van der Waals surface area contributed by atoms with E-state index in [1.165, 1.54) is 5.01 Å². The van der Waals surface area contributed by atoms with Crippen molar-refractivity contribution in [1.82, 2.24) is 9.91 Å². The van der Waals surface area contributed by atoms with E-state index in [2.05, 4.69) is 0 Å². The monoisotopic (exact) mass is 459 g/mol. The Labute approximate surface area is 195 Å². The van der Waals surface area contributed by atoms with Crippen molar-refractivity contribution in [2.24, 2.45) is 5.10 Å². The van der Waals surface area contributed by atoms with Gasteiger partial charge in [-0.25, -0.2) is 5.01 Å². The van der Waals surface area contributed by atoms with Crippen LogP contribution in [0.15, 0.2) is 71.8 Å². The zero-order valence-electron chi connectivity index (χ0n) is 17.9. The molecule has 3 amide bonds. The number of thioether (sulfide) groups is 1. The fraction of sp³-hybridized carbons (Fsp3) is 0.200. The largest absolute Gasteiger partial charge is 0.497 e. The van der Waals surface area contributed by atoms with Crippen LogP contribution in [0.2, 0.25) is 0 Å². The van der Waals surface area contributed by atoms with Crippen LogP contribution in [0.1, 0.15) is 23.6 Å². The molecule has 2 aliphatic heterocycles. The molecule has 1 atom stereocenters. The first-order valence-corrected chi connectivity index (χ1v) is 11.5. The number of carbonyl (C=O) groups is 3. The molecule has 0 aromatic heterocycles. The van der Waals surface area contributed by atoms with Gasteiger partial charge in [-0.05, 0) is 28.5 Å². The van der Waals surface area contributed by atoms with Crippen molar-refractivity contribution in [2.45, 2.75) is 12.5 Å². The lowest BCUT2D eigenvalue weighted by Crippen LogP contribution is -2.40. The average molecular weight is 460 g/mol. The van der Waals surface area contributed by atoms with Crippen LogP contribution in [0.25, 0.3) is 10.8 Å². The van der Waals surface area contributed by atoms with Gasteiger partial charge in [-0.3, -0.25) is 19.3 Å². The maximum atomic E-state index is 13.3. The predicted molar refractivity (Wildman–Crippen MR) is 127 cm³/mol. The van der Waals surface area contributed by atoms with Crippen molar-refractivity contribution in [3.63, 3.8) is 0 Å². The summed E-state index contributed by atoms with van der Waals surface area (Å²) in [6.07, 6.45) is 0.517. The van der Waals surface area contributed by atoms with Gasteiger partial charge in [-0.15, -0.1) is 0 Å². The number of hydrazone groups is 1. The summed E-state index contributed by atoms with van der Waals surface area (Å²) in [5, 5.41) is 7.89. The molecule has 8 heteroatoms. The van der Waals surface area contributed by atoms with Gasteiger partial charge in [0.2, 0.25) is 5.91 Å². The first-order valence-electron chi connectivity index (χ1n) is 10.5. The number of imide groups is 1. The fourth-order valence-corrected chi connectivity index (χ4v) is 4.93. The summed E-state index contributed by atoms with van der Waals surface area (Å²) in [5.41, 5.74) is 2.65. The molecule has 1 unspecified atom stereocenters. The lowest BCUT2D eigenvalue weighted by molar-refractivity contribution is -0.137. The van der Waals surface area contributed by atoms with Gasteiger partial charge >= 0.3 is 0 Å². The van der Waals surface area contributed by atoms with Crippen molar-refractivity contribution < 1.29 is 19.1 Å². The molecule has 0 bridgehead atoms. The SMILES string of the molecule is COc1ccc(C2CC(c3cccc4ccccc34)=NN2C(=O)CN2C(=O)CSC2=O)cc1. The minimum atomic E-state index is -0.396. The van der Waals surface area contributed by atoms with Crippen molar-refractivity contribution >= 4 is 45.3 Å². The molecule has 0 N–H and O–H groups in total. The molecule has 33 heavy (non-hydrogen) atoms. The number of amides is 3. The molecule has 1 saturated heterocycles. The van der Waals surface area contributed by atoms with Gasteiger partial charge < -0.3 is 4.74 Å². The molecule has 3 aromatic rings. The summed E-state index contributed by atoms with van der Waals surface area (Å²) in [6, 6.07) is 21.2. The van der Waals surface area contributed by atoms with E-state index in [0.29, 0.717) is 6.42 Å². The summed E-state index contributed by atoms with van der Waals surface area (Å²) in [5.74, 6) is 0.0422. The second-order valence-electron chi connectivity index (χ2n) is 7.84. The van der Waals surface area contributed by atoms with Crippen molar-refractivity contribution in [3.8, 4) is 5.75 Å². The molecule has 7 nitrogen and oxygen atoms in total. The number of carbonyl (C=O) groups excluding carboxylic acids is 3. The number of methoxy groups -OCH3 is 1. The number of hydrogen-bond donors (Lipinski definition) is 0. The van der Waals surface area contributed by atoms with Gasteiger partial charge in [0.1, 0.15) is 12.3 Å². The first kappa shape index (κ1) is 21.2. The van der Waals surface area contributed by atoms with Crippen molar-refractivity contribution in [1.29, 1.82) is 0 Å². The minimum Gasteiger partial charge on any atom is -0.497 e. The molecule has 1 fully saturated rings. The number of benzene rings is 3. The molecule has 166 valence electrons. The van der Waals surface area contributed by atoms with Crippen LogP contribution in [-0.2, 0) is 9.59 Å². The third-order valence-corrected chi connectivity index (χ3v) is 6.76. The van der Waals surface area contributed by atoms with Crippen molar-refractivity contribution in [2.75, 3.05) is 19.4 Å². The number of ether oxygens (including phenoxy) is 1. The smallest absolute Gasteiger partial charge is 0.289 e. The van der Waals surface area contributed by atoms with Crippen LogP contribution in [0.5, 0.6) is 5.75 Å².